The molecule has 0 saturated carbocycles. The molecule has 1 amide bonds. The molecule has 2 rings (SSSR count). The van der Waals surface area contributed by atoms with Gasteiger partial charge in [0.1, 0.15) is 0 Å². The molecule has 5 nitrogen and oxygen atoms in total. The number of nitrogens with two attached hydrogens (primary N) is 1. The van der Waals surface area contributed by atoms with Gasteiger partial charge in [-0.05, 0) is 18.8 Å². The smallest absolute Gasteiger partial charge is 0.276 e. The molecule has 1 aliphatic heterocycles. The summed E-state index contributed by atoms with van der Waals surface area (Å²) in [5.41, 5.74) is 6.60. The number of likely N-dealkylation sites (tertiary alicyclic amines) is 1. The molecule has 2 N–H and O–H groups in total. The monoisotopic (exact) mass is 222 g/mol. The Hall–Kier alpha value is -1.52. The second-order valence-electron chi connectivity index (χ2n) is 4.61. The summed E-state index contributed by atoms with van der Waals surface area (Å²) < 4.78 is 1.58. The molecule has 1 unspecified atom stereocenters. The maximum absolute atomic E-state index is 12.1. The molecular weight excluding hydrogens is 204 g/mol. The second kappa shape index (κ2) is 4.15. The normalized spacial score (nSPS) is 21.1. The van der Waals surface area contributed by atoms with Crippen LogP contribution in [0.5, 0.6) is 0 Å². The number of aromatic nitrogens is 2. The first-order valence-electron chi connectivity index (χ1n) is 5.66. The highest BCUT2D eigenvalue weighted by molar-refractivity contribution is 5.97. The zero-order valence-electron chi connectivity index (χ0n) is 9.81. The first kappa shape index (κ1) is 11.0. The molecule has 5 heteroatoms. The van der Waals surface area contributed by atoms with Crippen molar-refractivity contribution in [3.8, 4) is 0 Å². The summed E-state index contributed by atoms with van der Waals surface area (Å²) in [6.07, 6.45) is 3.93. The first-order chi connectivity index (χ1) is 7.58. The van der Waals surface area contributed by atoms with Gasteiger partial charge in [0, 0.05) is 26.3 Å². The number of nitrogen functional groups attached to an aromatic ring is 1. The minimum atomic E-state index is -0.0374. The summed E-state index contributed by atoms with van der Waals surface area (Å²) in [6.45, 7) is 3.80. The average molecular weight is 222 g/mol. The van der Waals surface area contributed by atoms with E-state index in [4.69, 9.17) is 5.73 Å². The summed E-state index contributed by atoms with van der Waals surface area (Å²) in [4.78, 5) is 14.0. The number of rotatable bonds is 1. The molecule has 1 atom stereocenters. The molecule has 0 bridgehead atoms. The molecule has 16 heavy (non-hydrogen) atoms. The van der Waals surface area contributed by atoms with Crippen LogP contribution >= 0.6 is 0 Å². The van der Waals surface area contributed by atoms with Gasteiger partial charge in [0.15, 0.2) is 5.69 Å². The molecule has 88 valence electrons. The Morgan fingerprint density at radius 3 is 2.94 bits per heavy atom. The first-order valence-corrected chi connectivity index (χ1v) is 5.66. The number of anilines is 1. The van der Waals surface area contributed by atoms with Gasteiger partial charge in [0.05, 0.1) is 5.69 Å². The second-order valence-corrected chi connectivity index (χ2v) is 4.61. The van der Waals surface area contributed by atoms with E-state index in [1.165, 1.54) is 6.42 Å². The average Bonchev–Trinajstić information content (AvgIpc) is 2.57. The Morgan fingerprint density at radius 1 is 1.62 bits per heavy atom. The van der Waals surface area contributed by atoms with E-state index in [1.54, 1.807) is 17.9 Å². The number of amides is 1. The highest BCUT2D eigenvalue weighted by atomic mass is 16.2. The van der Waals surface area contributed by atoms with Gasteiger partial charge in [-0.2, -0.15) is 5.10 Å². The number of hydrogen-bond acceptors (Lipinski definition) is 3. The van der Waals surface area contributed by atoms with Crippen molar-refractivity contribution in [1.29, 1.82) is 0 Å². The van der Waals surface area contributed by atoms with Crippen LogP contribution in [0.3, 0.4) is 0 Å². The lowest BCUT2D eigenvalue weighted by molar-refractivity contribution is 0.0677. The van der Waals surface area contributed by atoms with Crippen molar-refractivity contribution in [1.82, 2.24) is 14.7 Å². The molecule has 1 aromatic heterocycles. The van der Waals surface area contributed by atoms with E-state index in [0.717, 1.165) is 19.5 Å². The third-order valence-electron chi connectivity index (χ3n) is 3.00. The molecule has 1 aromatic rings. The van der Waals surface area contributed by atoms with Crippen LogP contribution < -0.4 is 5.73 Å². The molecule has 0 spiro atoms. The van der Waals surface area contributed by atoms with E-state index < -0.39 is 0 Å². The predicted octanol–water partition coefficient (Wildman–Crippen LogP) is 0.874. The largest absolute Gasteiger partial charge is 0.396 e. The van der Waals surface area contributed by atoms with E-state index in [1.807, 2.05) is 4.90 Å². The lowest BCUT2D eigenvalue weighted by atomic mass is 10.00. The number of nitrogens with zero attached hydrogens (tertiary/aromatic N) is 3. The Kier molecular flexibility index (Phi) is 2.85. The summed E-state index contributed by atoms with van der Waals surface area (Å²) in [7, 11) is 1.77. The van der Waals surface area contributed by atoms with Crippen molar-refractivity contribution in [2.75, 3.05) is 18.8 Å². The van der Waals surface area contributed by atoms with Crippen molar-refractivity contribution in [2.45, 2.75) is 19.8 Å². The quantitative estimate of drug-likeness (QED) is 0.767. The minimum absolute atomic E-state index is 0.0374. The standard InChI is InChI=1S/C11H18N4O/c1-8-4-3-5-15(6-8)11(16)10-9(12)7-14(2)13-10/h7-8H,3-6,12H2,1-2H3. The van der Waals surface area contributed by atoms with Crippen molar-refractivity contribution in [3.05, 3.63) is 11.9 Å². The molecule has 0 radical (unpaired) electrons. The van der Waals surface area contributed by atoms with Crippen molar-refractivity contribution in [2.24, 2.45) is 13.0 Å². The molecule has 1 saturated heterocycles. The number of aryl methyl sites for hydroxylation is 1. The SMILES string of the molecule is CC1CCCN(C(=O)c2nn(C)cc2N)C1. The van der Waals surface area contributed by atoms with Crippen LogP contribution in [0.2, 0.25) is 0 Å². The van der Waals surface area contributed by atoms with Crippen LogP contribution in [-0.2, 0) is 7.05 Å². The van der Waals surface area contributed by atoms with Crippen LogP contribution in [0.1, 0.15) is 30.3 Å². The molecule has 2 heterocycles. The molecule has 0 aromatic carbocycles. The van der Waals surface area contributed by atoms with Crippen LogP contribution in [0.25, 0.3) is 0 Å². The maximum atomic E-state index is 12.1. The summed E-state index contributed by atoms with van der Waals surface area (Å²) in [5.74, 6) is 0.535. The summed E-state index contributed by atoms with van der Waals surface area (Å²) >= 11 is 0. The van der Waals surface area contributed by atoms with E-state index in [2.05, 4.69) is 12.0 Å². The zero-order chi connectivity index (χ0) is 11.7. The number of piperidine rings is 1. The van der Waals surface area contributed by atoms with Crippen molar-refractivity contribution >= 4 is 11.6 Å². The van der Waals surface area contributed by atoms with Gasteiger partial charge in [0.2, 0.25) is 0 Å². The van der Waals surface area contributed by atoms with E-state index in [-0.39, 0.29) is 5.91 Å². The van der Waals surface area contributed by atoms with E-state index in [0.29, 0.717) is 17.3 Å². The van der Waals surface area contributed by atoms with Gasteiger partial charge < -0.3 is 10.6 Å². The maximum Gasteiger partial charge on any atom is 0.276 e. The van der Waals surface area contributed by atoms with Gasteiger partial charge in [-0.3, -0.25) is 9.48 Å². The van der Waals surface area contributed by atoms with Gasteiger partial charge in [-0.25, -0.2) is 0 Å². The van der Waals surface area contributed by atoms with Crippen molar-refractivity contribution < 1.29 is 4.79 Å². The van der Waals surface area contributed by atoms with E-state index >= 15 is 0 Å². The third kappa shape index (κ3) is 2.03. The molecule has 1 aliphatic rings. The number of carbonyl (C=O) groups excluding carboxylic acids is 1. The van der Waals surface area contributed by atoms with Crippen LogP contribution in [0.15, 0.2) is 6.20 Å². The highest BCUT2D eigenvalue weighted by Gasteiger charge is 2.25. The summed E-state index contributed by atoms with van der Waals surface area (Å²) in [5, 5.41) is 4.11. The Balaban J connectivity index is 2.15. The fourth-order valence-corrected chi connectivity index (χ4v) is 2.20. The van der Waals surface area contributed by atoms with Gasteiger partial charge in [0.25, 0.3) is 5.91 Å². The van der Waals surface area contributed by atoms with Crippen LogP contribution in [0, 0.1) is 5.92 Å². The fourth-order valence-electron chi connectivity index (χ4n) is 2.20. The lowest BCUT2D eigenvalue weighted by Gasteiger charge is -2.30. The highest BCUT2D eigenvalue weighted by Crippen LogP contribution is 2.19. The lowest BCUT2D eigenvalue weighted by Crippen LogP contribution is -2.39. The molecule has 0 aliphatic carbocycles. The number of carbonyl (C=O) groups is 1. The number of hydrogen-bond donors (Lipinski definition) is 1. The fraction of sp³-hybridized carbons (Fsp3) is 0.636. The van der Waals surface area contributed by atoms with Gasteiger partial charge in [-0.15, -0.1) is 0 Å². The van der Waals surface area contributed by atoms with Gasteiger partial charge >= 0.3 is 0 Å². The van der Waals surface area contributed by atoms with Gasteiger partial charge in [-0.1, -0.05) is 6.92 Å². The predicted molar refractivity (Wildman–Crippen MR) is 61.9 cm³/mol. The van der Waals surface area contributed by atoms with Crippen LogP contribution in [-0.4, -0.2) is 33.7 Å². The van der Waals surface area contributed by atoms with Crippen LogP contribution in [0.4, 0.5) is 5.69 Å². The Morgan fingerprint density at radius 2 is 2.38 bits per heavy atom. The van der Waals surface area contributed by atoms with Crippen molar-refractivity contribution in [3.63, 3.8) is 0 Å². The minimum Gasteiger partial charge on any atom is -0.396 e. The summed E-state index contributed by atoms with van der Waals surface area (Å²) in [6, 6.07) is 0. The third-order valence-corrected chi connectivity index (χ3v) is 3.00. The molecular formula is C11H18N4O. The zero-order valence-corrected chi connectivity index (χ0v) is 9.81. The Labute approximate surface area is 95.2 Å². The Bertz CT molecular complexity index is 399. The van der Waals surface area contributed by atoms with E-state index in [9.17, 15) is 4.79 Å². The molecule has 1 fully saturated rings. The topological polar surface area (TPSA) is 64.2 Å².